The van der Waals surface area contributed by atoms with Crippen LogP contribution in [-0.4, -0.2) is 48.8 Å². The highest BCUT2D eigenvalue weighted by atomic mass is 19.4. The van der Waals surface area contributed by atoms with Gasteiger partial charge in [0.25, 0.3) is 0 Å². The van der Waals surface area contributed by atoms with Crippen LogP contribution < -0.4 is 5.32 Å². The molecule has 0 aliphatic carbocycles. The third-order valence-corrected chi connectivity index (χ3v) is 4.36. The third kappa shape index (κ3) is 5.79. The second-order valence-corrected chi connectivity index (χ2v) is 6.06. The van der Waals surface area contributed by atoms with Crippen LogP contribution >= 0.6 is 0 Å². The predicted molar refractivity (Wildman–Crippen MR) is 84.3 cm³/mol. The van der Waals surface area contributed by atoms with Gasteiger partial charge in [-0.15, -0.1) is 0 Å². The van der Waals surface area contributed by atoms with Crippen molar-refractivity contribution < 1.29 is 18.3 Å². The van der Waals surface area contributed by atoms with Gasteiger partial charge in [0, 0.05) is 32.3 Å². The number of aryl methyl sites for hydroxylation is 1. The number of alkyl halides is 3. The van der Waals surface area contributed by atoms with Gasteiger partial charge < -0.3 is 10.4 Å². The summed E-state index contributed by atoms with van der Waals surface area (Å²) in [6, 6.07) is 5.91. The Hall–Kier alpha value is -1.11. The Kier molecular flexibility index (Phi) is 6.87. The average molecular weight is 330 g/mol. The van der Waals surface area contributed by atoms with Gasteiger partial charge in [0.1, 0.15) is 0 Å². The monoisotopic (exact) mass is 330 g/mol. The summed E-state index contributed by atoms with van der Waals surface area (Å²) in [5.41, 5.74) is 0.354. The summed E-state index contributed by atoms with van der Waals surface area (Å²) in [6.45, 7) is 4.06. The van der Waals surface area contributed by atoms with Crippen molar-refractivity contribution in [2.75, 3.05) is 32.8 Å². The van der Waals surface area contributed by atoms with Crippen molar-refractivity contribution in [3.05, 3.63) is 35.4 Å². The third-order valence-electron chi connectivity index (χ3n) is 4.36. The lowest BCUT2D eigenvalue weighted by molar-refractivity contribution is -0.137. The minimum atomic E-state index is -4.26. The van der Waals surface area contributed by atoms with Crippen LogP contribution in [0, 0.1) is 0 Å². The second kappa shape index (κ2) is 8.66. The molecule has 1 unspecified atom stereocenters. The molecule has 1 saturated heterocycles. The predicted octanol–water partition coefficient (Wildman–Crippen LogP) is 2.68. The number of hydrogen-bond donors (Lipinski definition) is 2. The highest BCUT2D eigenvalue weighted by molar-refractivity contribution is 5.24. The summed E-state index contributed by atoms with van der Waals surface area (Å²) in [4.78, 5) is 2.43. The van der Waals surface area contributed by atoms with Crippen molar-refractivity contribution in [3.63, 3.8) is 0 Å². The van der Waals surface area contributed by atoms with Crippen LogP contribution in [0.15, 0.2) is 24.3 Å². The molecule has 0 saturated carbocycles. The van der Waals surface area contributed by atoms with E-state index in [2.05, 4.69) is 10.2 Å². The van der Waals surface area contributed by atoms with Gasteiger partial charge in [-0.3, -0.25) is 4.90 Å². The van der Waals surface area contributed by atoms with Gasteiger partial charge >= 0.3 is 6.18 Å². The van der Waals surface area contributed by atoms with Crippen molar-refractivity contribution in [3.8, 4) is 0 Å². The van der Waals surface area contributed by atoms with Crippen LogP contribution in [0.5, 0.6) is 0 Å². The van der Waals surface area contributed by atoms with E-state index in [4.69, 9.17) is 5.11 Å². The maximum Gasteiger partial charge on any atom is 0.416 e. The summed E-state index contributed by atoms with van der Waals surface area (Å²) >= 11 is 0. The van der Waals surface area contributed by atoms with E-state index in [-0.39, 0.29) is 6.61 Å². The molecule has 2 rings (SSSR count). The summed E-state index contributed by atoms with van der Waals surface area (Å²) in [5.74, 6) is 0. The van der Waals surface area contributed by atoms with Gasteiger partial charge in [0.2, 0.25) is 0 Å². The van der Waals surface area contributed by atoms with Crippen molar-refractivity contribution >= 4 is 0 Å². The number of halogens is 3. The summed E-state index contributed by atoms with van der Waals surface area (Å²) in [7, 11) is 0. The zero-order chi connectivity index (χ0) is 16.7. The molecule has 0 amide bonds. The first-order valence-electron chi connectivity index (χ1n) is 8.22. The highest BCUT2D eigenvalue weighted by Gasteiger charge is 2.29. The molecule has 0 radical (unpaired) electrons. The number of nitrogens with one attached hydrogen (secondary N) is 1. The van der Waals surface area contributed by atoms with E-state index < -0.39 is 11.7 Å². The van der Waals surface area contributed by atoms with Crippen LogP contribution in [0.2, 0.25) is 0 Å². The molecule has 2 N–H and O–H groups in total. The molecule has 1 aromatic carbocycles. The summed E-state index contributed by atoms with van der Waals surface area (Å²) in [5, 5.41) is 12.3. The second-order valence-electron chi connectivity index (χ2n) is 6.06. The van der Waals surface area contributed by atoms with Gasteiger partial charge in [0.05, 0.1) is 5.56 Å². The van der Waals surface area contributed by atoms with Crippen LogP contribution in [0.4, 0.5) is 13.2 Å². The van der Waals surface area contributed by atoms with E-state index in [1.807, 2.05) is 0 Å². The van der Waals surface area contributed by atoms with Gasteiger partial charge in [-0.1, -0.05) is 12.1 Å². The SMILES string of the molecule is OCCCC1CNCCN1CCCc1ccc(C(F)(F)F)cc1. The average Bonchev–Trinajstić information content (AvgIpc) is 2.53. The lowest BCUT2D eigenvalue weighted by atomic mass is 10.0. The number of aliphatic hydroxyl groups excluding tert-OH is 1. The summed E-state index contributed by atoms with van der Waals surface area (Å²) < 4.78 is 37.6. The Morgan fingerprint density at radius 3 is 2.57 bits per heavy atom. The van der Waals surface area contributed by atoms with E-state index in [9.17, 15) is 13.2 Å². The quantitative estimate of drug-likeness (QED) is 0.807. The van der Waals surface area contributed by atoms with E-state index in [0.29, 0.717) is 6.04 Å². The molecule has 1 heterocycles. The highest BCUT2D eigenvalue weighted by Crippen LogP contribution is 2.29. The largest absolute Gasteiger partial charge is 0.416 e. The summed E-state index contributed by atoms with van der Waals surface area (Å²) in [6.07, 6.45) is -0.763. The van der Waals surface area contributed by atoms with E-state index in [0.717, 1.165) is 69.6 Å². The fourth-order valence-electron chi connectivity index (χ4n) is 3.06. The molecule has 0 aromatic heterocycles. The Morgan fingerprint density at radius 1 is 1.17 bits per heavy atom. The van der Waals surface area contributed by atoms with Crippen molar-refractivity contribution in [1.82, 2.24) is 10.2 Å². The van der Waals surface area contributed by atoms with Gasteiger partial charge in [0.15, 0.2) is 0 Å². The smallest absolute Gasteiger partial charge is 0.396 e. The molecule has 1 fully saturated rings. The Morgan fingerprint density at radius 2 is 1.91 bits per heavy atom. The normalized spacial score (nSPS) is 19.9. The Bertz CT molecular complexity index is 462. The number of aliphatic hydroxyl groups is 1. The van der Waals surface area contributed by atoms with E-state index >= 15 is 0 Å². The van der Waals surface area contributed by atoms with E-state index in [1.54, 1.807) is 12.1 Å². The molecule has 0 bridgehead atoms. The van der Waals surface area contributed by atoms with Crippen LogP contribution in [0.1, 0.15) is 30.4 Å². The van der Waals surface area contributed by atoms with Crippen LogP contribution in [0.25, 0.3) is 0 Å². The maximum absolute atomic E-state index is 12.5. The topological polar surface area (TPSA) is 35.5 Å². The standard InChI is InChI=1S/C17H25F3N2O/c18-17(19,20)15-7-5-14(6-8-15)3-1-10-22-11-9-21-13-16(22)4-2-12-23/h5-8,16,21,23H,1-4,9-13H2. The lowest BCUT2D eigenvalue weighted by Crippen LogP contribution is -2.51. The first-order valence-corrected chi connectivity index (χ1v) is 8.22. The zero-order valence-electron chi connectivity index (χ0n) is 13.3. The molecule has 1 atom stereocenters. The van der Waals surface area contributed by atoms with Crippen LogP contribution in [0.3, 0.4) is 0 Å². The molecule has 23 heavy (non-hydrogen) atoms. The number of piperazine rings is 1. The van der Waals surface area contributed by atoms with Gasteiger partial charge in [-0.25, -0.2) is 0 Å². The molecule has 1 aliphatic rings. The fourth-order valence-corrected chi connectivity index (χ4v) is 3.06. The molecule has 1 aliphatic heterocycles. The fraction of sp³-hybridized carbons (Fsp3) is 0.647. The van der Waals surface area contributed by atoms with Crippen LogP contribution in [-0.2, 0) is 12.6 Å². The first-order chi connectivity index (χ1) is 11.0. The molecular weight excluding hydrogens is 305 g/mol. The molecule has 130 valence electrons. The van der Waals surface area contributed by atoms with Gasteiger partial charge in [-0.2, -0.15) is 13.2 Å². The van der Waals surface area contributed by atoms with Gasteiger partial charge in [-0.05, 0) is 49.9 Å². The first kappa shape index (κ1) is 18.2. The van der Waals surface area contributed by atoms with E-state index in [1.165, 1.54) is 0 Å². The molecular formula is C17H25F3N2O. The minimum Gasteiger partial charge on any atom is -0.396 e. The van der Waals surface area contributed by atoms with Crippen molar-refractivity contribution in [1.29, 1.82) is 0 Å². The molecule has 3 nitrogen and oxygen atoms in total. The lowest BCUT2D eigenvalue weighted by Gasteiger charge is -2.36. The number of hydrogen-bond acceptors (Lipinski definition) is 3. The molecule has 1 aromatic rings. The Balaban J connectivity index is 1.79. The van der Waals surface area contributed by atoms with Crippen molar-refractivity contribution in [2.24, 2.45) is 0 Å². The minimum absolute atomic E-state index is 0.218. The maximum atomic E-state index is 12.5. The zero-order valence-corrected chi connectivity index (χ0v) is 13.3. The molecule has 0 spiro atoms. The molecule has 6 heteroatoms. The number of benzene rings is 1. The Labute approximate surface area is 135 Å². The number of rotatable bonds is 7. The van der Waals surface area contributed by atoms with Crippen molar-refractivity contribution in [2.45, 2.75) is 37.9 Å². The number of nitrogens with zero attached hydrogens (tertiary/aromatic N) is 1.